The molecule has 4 nitrogen and oxygen atoms in total. The molecule has 1 aromatic heterocycles. The summed E-state index contributed by atoms with van der Waals surface area (Å²) in [5.74, 6) is 0. The summed E-state index contributed by atoms with van der Waals surface area (Å²) < 4.78 is 1.12. The van der Waals surface area contributed by atoms with Crippen LogP contribution in [0.25, 0.3) is 10.9 Å². The highest BCUT2D eigenvalue weighted by molar-refractivity contribution is 14.1. The van der Waals surface area contributed by atoms with Crippen LogP contribution >= 0.6 is 34.2 Å². The minimum absolute atomic E-state index is 0.228. The third-order valence-corrected chi connectivity index (χ3v) is 5.20. The molecule has 0 saturated heterocycles. The van der Waals surface area contributed by atoms with Crippen LogP contribution in [-0.2, 0) is 0 Å². The average Bonchev–Trinajstić information content (AvgIpc) is 2.56. The fourth-order valence-electron chi connectivity index (χ4n) is 2.80. The summed E-state index contributed by atoms with van der Waals surface area (Å²) in [5, 5.41) is 14.5. The molecule has 0 radical (unpaired) electrons. The lowest BCUT2D eigenvalue weighted by molar-refractivity contribution is 0.199. The molecule has 0 unspecified atom stereocenters. The Morgan fingerprint density at radius 3 is 2.88 bits per heavy atom. The molecule has 0 amide bonds. The van der Waals surface area contributed by atoms with E-state index < -0.39 is 0 Å². The second-order valence-corrected chi connectivity index (χ2v) is 7.59. The van der Waals surface area contributed by atoms with Gasteiger partial charge in [-0.05, 0) is 73.6 Å². The first-order valence-corrected chi connectivity index (χ1v) is 9.84. The lowest BCUT2D eigenvalue weighted by Gasteiger charge is -2.22. The second-order valence-electron chi connectivity index (χ2n) is 5.99. The van der Waals surface area contributed by atoms with Crippen LogP contribution in [0.4, 0.5) is 5.69 Å². The highest BCUT2D eigenvalue weighted by Crippen LogP contribution is 2.29. The zero-order valence-corrected chi connectivity index (χ0v) is 17.1. The van der Waals surface area contributed by atoms with Gasteiger partial charge in [0.15, 0.2) is 0 Å². The van der Waals surface area contributed by atoms with Gasteiger partial charge in [0.2, 0.25) is 0 Å². The van der Waals surface area contributed by atoms with Crippen molar-refractivity contribution in [2.45, 2.75) is 32.7 Å². The van der Waals surface area contributed by atoms with Gasteiger partial charge in [0.05, 0.1) is 21.4 Å². The number of aromatic nitrogens is 1. The first-order valence-electron chi connectivity index (χ1n) is 8.38. The predicted molar refractivity (Wildman–Crippen MR) is 111 cm³/mol. The van der Waals surface area contributed by atoms with Crippen LogP contribution in [0.2, 0.25) is 5.02 Å². The molecule has 24 heavy (non-hydrogen) atoms. The molecule has 0 bridgehead atoms. The summed E-state index contributed by atoms with van der Waals surface area (Å²) in [6.07, 6.45) is 4.07. The number of rotatable bonds is 9. The number of pyridine rings is 1. The fourth-order valence-corrected chi connectivity index (χ4v) is 3.55. The molecule has 0 aliphatic rings. The van der Waals surface area contributed by atoms with E-state index in [9.17, 15) is 0 Å². The largest absolute Gasteiger partial charge is 0.395 e. The van der Waals surface area contributed by atoms with E-state index in [0.717, 1.165) is 52.6 Å². The maximum Gasteiger partial charge on any atom is 0.0738 e. The van der Waals surface area contributed by atoms with Crippen molar-refractivity contribution in [2.24, 2.45) is 0 Å². The van der Waals surface area contributed by atoms with Crippen LogP contribution in [-0.4, -0.2) is 47.3 Å². The van der Waals surface area contributed by atoms with Crippen LogP contribution in [0.1, 0.15) is 26.7 Å². The molecule has 2 rings (SSSR count). The number of anilines is 1. The molecule has 6 heteroatoms. The van der Waals surface area contributed by atoms with Gasteiger partial charge in [-0.25, -0.2) is 0 Å². The Labute approximate surface area is 162 Å². The van der Waals surface area contributed by atoms with Crippen molar-refractivity contribution in [3.05, 3.63) is 33.0 Å². The van der Waals surface area contributed by atoms with E-state index in [0.29, 0.717) is 11.1 Å². The topological polar surface area (TPSA) is 48.4 Å². The molecule has 1 aromatic carbocycles. The summed E-state index contributed by atoms with van der Waals surface area (Å²) in [7, 11) is 0. The Balaban J connectivity index is 2.00. The molecule has 132 valence electrons. The summed E-state index contributed by atoms with van der Waals surface area (Å²) in [6.45, 7) is 7.33. The number of aliphatic hydroxyl groups excluding tert-OH is 1. The van der Waals surface area contributed by atoms with E-state index in [2.05, 4.69) is 51.6 Å². The van der Waals surface area contributed by atoms with Gasteiger partial charge in [0.25, 0.3) is 0 Å². The van der Waals surface area contributed by atoms with Crippen LogP contribution in [0.3, 0.4) is 0 Å². The maximum absolute atomic E-state index is 9.05. The van der Waals surface area contributed by atoms with Gasteiger partial charge in [-0.15, -0.1) is 0 Å². The monoisotopic (exact) mass is 461 g/mol. The second kappa shape index (κ2) is 9.75. The number of nitrogens with zero attached hydrogens (tertiary/aromatic N) is 2. The van der Waals surface area contributed by atoms with Crippen LogP contribution in [0.15, 0.2) is 24.4 Å². The van der Waals surface area contributed by atoms with Gasteiger partial charge in [-0.2, -0.15) is 0 Å². The number of nitrogens with one attached hydrogen (secondary N) is 1. The van der Waals surface area contributed by atoms with Crippen LogP contribution < -0.4 is 5.32 Å². The highest BCUT2D eigenvalue weighted by Gasteiger charge is 2.11. The lowest BCUT2D eigenvalue weighted by atomic mass is 10.1. The number of fused-ring (bicyclic) bond motifs is 1. The van der Waals surface area contributed by atoms with E-state index in [-0.39, 0.29) is 6.61 Å². The Hall–Kier alpha value is -0.630. The van der Waals surface area contributed by atoms with Crippen molar-refractivity contribution in [3.8, 4) is 0 Å². The number of benzene rings is 1. The van der Waals surface area contributed by atoms with Crippen molar-refractivity contribution in [1.29, 1.82) is 0 Å². The van der Waals surface area contributed by atoms with Crippen molar-refractivity contribution < 1.29 is 5.11 Å². The van der Waals surface area contributed by atoms with E-state index >= 15 is 0 Å². The Morgan fingerprint density at radius 2 is 2.17 bits per heavy atom. The van der Waals surface area contributed by atoms with Crippen molar-refractivity contribution in [1.82, 2.24) is 9.88 Å². The molecule has 2 N–H and O–H groups in total. The summed E-state index contributed by atoms with van der Waals surface area (Å²) in [5.41, 5.74) is 2.05. The third-order valence-electron chi connectivity index (χ3n) is 4.15. The molecule has 1 heterocycles. The van der Waals surface area contributed by atoms with Gasteiger partial charge in [-0.1, -0.05) is 18.5 Å². The SMILES string of the molecule is CCN(CCO)CCC[C@@H](C)Nc1c(I)cnc2cc(Cl)ccc12. The minimum Gasteiger partial charge on any atom is -0.395 e. The molecule has 0 aliphatic carbocycles. The minimum atomic E-state index is 0.228. The van der Waals surface area contributed by atoms with Crippen LogP contribution in [0.5, 0.6) is 0 Å². The van der Waals surface area contributed by atoms with Crippen molar-refractivity contribution in [3.63, 3.8) is 0 Å². The molecule has 0 spiro atoms. The summed E-state index contributed by atoms with van der Waals surface area (Å²) in [6, 6.07) is 6.21. The zero-order valence-electron chi connectivity index (χ0n) is 14.2. The number of aliphatic hydroxyl groups is 1. The van der Waals surface area contributed by atoms with Gasteiger partial charge < -0.3 is 15.3 Å². The first kappa shape index (κ1) is 19.7. The number of halogens is 2. The Bertz CT molecular complexity index is 668. The average molecular weight is 462 g/mol. The third kappa shape index (κ3) is 5.44. The Morgan fingerprint density at radius 1 is 1.38 bits per heavy atom. The molecular formula is C18H25ClIN3O. The quantitative estimate of drug-likeness (QED) is 0.544. The first-order chi connectivity index (χ1) is 11.5. The van der Waals surface area contributed by atoms with E-state index in [4.69, 9.17) is 16.7 Å². The fraction of sp³-hybridized carbons (Fsp3) is 0.500. The van der Waals surface area contributed by atoms with E-state index in [1.165, 1.54) is 0 Å². The summed E-state index contributed by atoms with van der Waals surface area (Å²) in [4.78, 5) is 6.74. The number of hydrogen-bond donors (Lipinski definition) is 2. The zero-order chi connectivity index (χ0) is 17.5. The van der Waals surface area contributed by atoms with Gasteiger partial charge in [0.1, 0.15) is 0 Å². The molecular weight excluding hydrogens is 437 g/mol. The molecule has 0 saturated carbocycles. The van der Waals surface area contributed by atoms with Crippen molar-refractivity contribution >= 4 is 50.8 Å². The molecule has 2 aromatic rings. The predicted octanol–water partition coefficient (Wildman–Crippen LogP) is 4.39. The normalized spacial score (nSPS) is 12.8. The number of likely N-dealkylation sites (N-methyl/N-ethyl adjacent to an activating group) is 1. The smallest absolute Gasteiger partial charge is 0.0738 e. The summed E-state index contributed by atoms with van der Waals surface area (Å²) >= 11 is 8.39. The molecule has 0 fully saturated rings. The van der Waals surface area contributed by atoms with E-state index in [1.54, 1.807) is 0 Å². The van der Waals surface area contributed by atoms with Gasteiger partial charge in [0, 0.05) is 29.2 Å². The van der Waals surface area contributed by atoms with E-state index in [1.807, 2.05) is 24.4 Å². The molecule has 1 atom stereocenters. The van der Waals surface area contributed by atoms with Gasteiger partial charge >= 0.3 is 0 Å². The highest BCUT2D eigenvalue weighted by atomic mass is 127. The standard InChI is InChI=1S/C18H25ClIN3O/c1-3-23(9-10-24)8-4-5-13(2)22-18-15-7-6-14(19)11-17(15)21-12-16(18)20/h6-7,11-13,24H,3-5,8-10H2,1-2H3,(H,21,22)/t13-/m1/s1. The molecule has 0 aliphatic heterocycles. The lowest BCUT2D eigenvalue weighted by Crippen LogP contribution is -2.28. The Kier molecular flexibility index (Phi) is 8.00. The van der Waals surface area contributed by atoms with Gasteiger partial charge in [-0.3, -0.25) is 4.98 Å². The maximum atomic E-state index is 9.05. The van der Waals surface area contributed by atoms with Crippen molar-refractivity contribution in [2.75, 3.05) is 31.6 Å². The number of hydrogen-bond acceptors (Lipinski definition) is 4. The van der Waals surface area contributed by atoms with Crippen LogP contribution in [0, 0.1) is 3.57 Å².